The monoisotopic (exact) mass is 172 g/mol. The van der Waals surface area contributed by atoms with Gasteiger partial charge in [0.2, 0.25) is 0 Å². The fraction of sp³-hybridized carbons (Fsp3) is 0.286. The lowest BCUT2D eigenvalue weighted by atomic mass is 10.4. The standard InChI is InChI=1S/C7H9ClN2O/c8-3-1-4-9-6-7-2-5-10-11-7/h1-3,5,9H,4,6H2/b3-1+. The van der Waals surface area contributed by atoms with Crippen LogP contribution in [-0.2, 0) is 6.54 Å². The first kappa shape index (κ1) is 8.30. The van der Waals surface area contributed by atoms with E-state index in [0.717, 1.165) is 12.3 Å². The van der Waals surface area contributed by atoms with Gasteiger partial charge in [-0.25, -0.2) is 0 Å². The highest BCUT2D eigenvalue weighted by Gasteiger charge is 1.92. The minimum absolute atomic E-state index is 0.682. The van der Waals surface area contributed by atoms with E-state index in [1.807, 2.05) is 12.1 Å². The molecule has 1 aromatic rings. The summed E-state index contributed by atoms with van der Waals surface area (Å²) < 4.78 is 4.84. The molecule has 0 spiro atoms. The second-order valence-electron chi connectivity index (χ2n) is 1.97. The van der Waals surface area contributed by atoms with E-state index in [9.17, 15) is 0 Å². The Kier molecular flexibility index (Phi) is 3.72. The van der Waals surface area contributed by atoms with Crippen LogP contribution in [0.1, 0.15) is 5.76 Å². The van der Waals surface area contributed by atoms with Gasteiger partial charge in [0.05, 0.1) is 12.7 Å². The van der Waals surface area contributed by atoms with E-state index in [1.165, 1.54) is 5.54 Å². The SMILES string of the molecule is Cl/C=C/CNCc1ccno1. The predicted octanol–water partition coefficient (Wildman–Crippen LogP) is 1.52. The van der Waals surface area contributed by atoms with Gasteiger partial charge < -0.3 is 9.84 Å². The largest absolute Gasteiger partial charge is 0.360 e. The van der Waals surface area contributed by atoms with Crippen molar-refractivity contribution in [3.63, 3.8) is 0 Å². The van der Waals surface area contributed by atoms with Crippen LogP contribution in [0.25, 0.3) is 0 Å². The van der Waals surface area contributed by atoms with Crippen molar-refractivity contribution in [1.82, 2.24) is 10.5 Å². The molecule has 0 fully saturated rings. The predicted molar refractivity (Wildman–Crippen MR) is 43.2 cm³/mol. The van der Waals surface area contributed by atoms with Crippen molar-refractivity contribution in [2.45, 2.75) is 6.54 Å². The summed E-state index contributed by atoms with van der Waals surface area (Å²) in [6.07, 6.45) is 3.44. The number of halogens is 1. The highest BCUT2D eigenvalue weighted by atomic mass is 35.5. The fourth-order valence-electron chi connectivity index (χ4n) is 0.657. The molecule has 11 heavy (non-hydrogen) atoms. The van der Waals surface area contributed by atoms with E-state index < -0.39 is 0 Å². The lowest BCUT2D eigenvalue weighted by molar-refractivity contribution is 0.375. The summed E-state index contributed by atoms with van der Waals surface area (Å²) in [4.78, 5) is 0. The molecule has 1 rings (SSSR count). The van der Waals surface area contributed by atoms with Gasteiger partial charge in [-0.05, 0) is 0 Å². The Morgan fingerprint density at radius 1 is 1.73 bits per heavy atom. The summed E-state index contributed by atoms with van der Waals surface area (Å²) in [6, 6.07) is 1.82. The number of aromatic nitrogens is 1. The van der Waals surface area contributed by atoms with Crippen LogP contribution in [0.2, 0.25) is 0 Å². The lowest BCUT2D eigenvalue weighted by Crippen LogP contribution is -2.11. The first-order valence-corrected chi connectivity index (χ1v) is 3.72. The third kappa shape index (κ3) is 3.20. The fourth-order valence-corrected chi connectivity index (χ4v) is 0.746. The molecule has 1 N–H and O–H groups in total. The second kappa shape index (κ2) is 4.93. The molecule has 0 aliphatic carbocycles. The van der Waals surface area contributed by atoms with Gasteiger partial charge in [-0.1, -0.05) is 22.8 Å². The Balaban J connectivity index is 2.14. The highest BCUT2D eigenvalue weighted by Crippen LogP contribution is 1.94. The Bertz CT molecular complexity index is 208. The van der Waals surface area contributed by atoms with E-state index in [1.54, 1.807) is 6.20 Å². The topological polar surface area (TPSA) is 38.1 Å². The van der Waals surface area contributed by atoms with E-state index in [4.69, 9.17) is 16.1 Å². The molecule has 0 saturated carbocycles. The van der Waals surface area contributed by atoms with Crippen LogP contribution in [0, 0.1) is 0 Å². The zero-order valence-electron chi connectivity index (χ0n) is 5.96. The number of hydrogen-bond acceptors (Lipinski definition) is 3. The maximum absolute atomic E-state index is 5.31. The van der Waals surface area contributed by atoms with Crippen LogP contribution in [0.5, 0.6) is 0 Å². The summed E-state index contributed by atoms with van der Waals surface area (Å²) >= 11 is 5.31. The number of rotatable bonds is 4. The third-order valence-corrected chi connectivity index (χ3v) is 1.32. The Hall–Kier alpha value is -0.800. The van der Waals surface area contributed by atoms with Gasteiger partial charge in [-0.3, -0.25) is 0 Å². The second-order valence-corrected chi connectivity index (χ2v) is 2.22. The van der Waals surface area contributed by atoms with Crippen molar-refractivity contribution >= 4 is 11.6 Å². The molecular weight excluding hydrogens is 164 g/mol. The van der Waals surface area contributed by atoms with E-state index in [-0.39, 0.29) is 0 Å². The van der Waals surface area contributed by atoms with Crippen molar-refractivity contribution in [3.05, 3.63) is 29.6 Å². The summed E-state index contributed by atoms with van der Waals surface area (Å²) in [5.41, 5.74) is 1.48. The van der Waals surface area contributed by atoms with Crippen molar-refractivity contribution in [2.24, 2.45) is 0 Å². The van der Waals surface area contributed by atoms with Crippen LogP contribution < -0.4 is 5.32 Å². The lowest BCUT2D eigenvalue weighted by Gasteiger charge is -1.94. The van der Waals surface area contributed by atoms with Gasteiger partial charge in [-0.15, -0.1) is 0 Å². The molecule has 0 atom stereocenters. The highest BCUT2D eigenvalue weighted by molar-refractivity contribution is 6.25. The zero-order valence-corrected chi connectivity index (χ0v) is 6.71. The van der Waals surface area contributed by atoms with Crippen molar-refractivity contribution in [3.8, 4) is 0 Å². The number of nitrogens with one attached hydrogen (secondary N) is 1. The number of hydrogen-bond donors (Lipinski definition) is 1. The quantitative estimate of drug-likeness (QED) is 0.700. The molecule has 0 saturated heterocycles. The smallest absolute Gasteiger partial charge is 0.150 e. The van der Waals surface area contributed by atoms with Gasteiger partial charge in [-0.2, -0.15) is 0 Å². The zero-order chi connectivity index (χ0) is 7.94. The van der Waals surface area contributed by atoms with Gasteiger partial charge in [0.15, 0.2) is 0 Å². The van der Waals surface area contributed by atoms with Gasteiger partial charge in [0, 0.05) is 18.1 Å². The molecule has 0 radical (unpaired) electrons. The van der Waals surface area contributed by atoms with Crippen molar-refractivity contribution in [1.29, 1.82) is 0 Å². The van der Waals surface area contributed by atoms with Crippen LogP contribution >= 0.6 is 11.6 Å². The van der Waals surface area contributed by atoms with E-state index >= 15 is 0 Å². The molecule has 0 bridgehead atoms. The van der Waals surface area contributed by atoms with Crippen LogP contribution in [0.15, 0.2) is 28.4 Å². The summed E-state index contributed by atoms with van der Waals surface area (Å²) in [7, 11) is 0. The van der Waals surface area contributed by atoms with Gasteiger partial charge >= 0.3 is 0 Å². The molecule has 3 nitrogen and oxygen atoms in total. The van der Waals surface area contributed by atoms with Crippen LogP contribution in [0.3, 0.4) is 0 Å². The van der Waals surface area contributed by atoms with E-state index in [0.29, 0.717) is 6.54 Å². The molecule has 0 aliphatic heterocycles. The Morgan fingerprint density at radius 3 is 3.27 bits per heavy atom. The maximum atomic E-state index is 5.31. The summed E-state index contributed by atoms with van der Waals surface area (Å²) in [5.74, 6) is 0.827. The summed E-state index contributed by atoms with van der Waals surface area (Å²) in [6.45, 7) is 1.42. The van der Waals surface area contributed by atoms with E-state index in [2.05, 4.69) is 10.5 Å². The van der Waals surface area contributed by atoms with Gasteiger partial charge in [0.25, 0.3) is 0 Å². The van der Waals surface area contributed by atoms with Crippen molar-refractivity contribution < 1.29 is 4.52 Å². The van der Waals surface area contributed by atoms with Gasteiger partial charge in [0.1, 0.15) is 5.76 Å². The molecule has 0 aromatic carbocycles. The average molecular weight is 173 g/mol. The molecule has 0 amide bonds. The normalized spacial score (nSPS) is 11.0. The third-order valence-electron chi connectivity index (χ3n) is 1.14. The molecule has 0 unspecified atom stereocenters. The Labute approximate surface area is 70.0 Å². The maximum Gasteiger partial charge on any atom is 0.150 e. The Morgan fingerprint density at radius 2 is 2.64 bits per heavy atom. The van der Waals surface area contributed by atoms with Crippen LogP contribution in [-0.4, -0.2) is 11.7 Å². The molecule has 1 heterocycles. The summed E-state index contributed by atoms with van der Waals surface area (Å²) in [5, 5.41) is 6.65. The average Bonchev–Trinajstić information content (AvgIpc) is 2.50. The first-order valence-electron chi connectivity index (χ1n) is 3.29. The molecule has 60 valence electrons. The minimum Gasteiger partial charge on any atom is -0.360 e. The minimum atomic E-state index is 0.682. The number of nitrogens with zero attached hydrogens (tertiary/aromatic N) is 1. The first-order chi connectivity index (χ1) is 5.43. The van der Waals surface area contributed by atoms with Crippen LogP contribution in [0.4, 0.5) is 0 Å². The molecule has 0 aliphatic rings. The van der Waals surface area contributed by atoms with Crippen molar-refractivity contribution in [2.75, 3.05) is 6.54 Å². The molecular formula is C7H9ClN2O. The molecule has 1 aromatic heterocycles. The molecule has 4 heteroatoms.